The monoisotopic (exact) mass is 536 g/mol. The number of carbonyl (C=O) groups excluding carboxylic acids is 1. The average molecular weight is 537 g/mol. The van der Waals surface area contributed by atoms with E-state index in [1.165, 1.54) is 135 Å². The third kappa shape index (κ3) is 27.7. The van der Waals surface area contributed by atoms with Crippen LogP contribution in [0.3, 0.4) is 0 Å². The summed E-state index contributed by atoms with van der Waals surface area (Å²) in [6.45, 7) is 4.58. The van der Waals surface area contributed by atoms with Gasteiger partial charge in [-0.1, -0.05) is 148 Å². The first-order valence-corrected chi connectivity index (χ1v) is 16.6. The van der Waals surface area contributed by atoms with Crippen molar-refractivity contribution < 1.29 is 19.4 Å². The molecule has 0 saturated heterocycles. The molecule has 0 aromatic rings. The Morgan fingerprint density at radius 3 is 1.37 bits per heavy atom. The highest BCUT2D eigenvalue weighted by Gasteiger charge is 2.21. The molecule has 0 bridgehead atoms. The van der Waals surface area contributed by atoms with E-state index >= 15 is 0 Å². The van der Waals surface area contributed by atoms with E-state index in [-0.39, 0.29) is 12.4 Å². The number of carboxylic acid groups (broad SMARTS) is 1. The molecule has 1 unspecified atom stereocenters. The molecule has 0 aliphatic rings. The molecule has 1 N–H and O–H groups in total. The average Bonchev–Trinajstić information content (AvgIpc) is 2.91. The molecule has 4 heteroatoms. The zero-order valence-corrected chi connectivity index (χ0v) is 25.5. The van der Waals surface area contributed by atoms with E-state index in [1.54, 1.807) is 0 Å². The van der Waals surface area contributed by atoms with Crippen LogP contribution < -0.4 is 0 Å². The third-order valence-corrected chi connectivity index (χ3v) is 7.54. The van der Waals surface area contributed by atoms with Gasteiger partial charge in [-0.15, -0.1) is 0 Å². The van der Waals surface area contributed by atoms with E-state index in [9.17, 15) is 14.7 Å². The second kappa shape index (κ2) is 30.2. The topological polar surface area (TPSA) is 63.6 Å². The van der Waals surface area contributed by atoms with Crippen LogP contribution in [0.2, 0.25) is 0 Å². The Labute approximate surface area is 236 Å². The zero-order valence-electron chi connectivity index (χ0n) is 25.5. The van der Waals surface area contributed by atoms with E-state index in [2.05, 4.69) is 19.1 Å². The summed E-state index contributed by atoms with van der Waals surface area (Å²) in [5, 5.41) is 9.33. The number of aliphatic carboxylic acids is 1. The van der Waals surface area contributed by atoms with E-state index in [4.69, 9.17) is 4.74 Å². The van der Waals surface area contributed by atoms with Gasteiger partial charge in [-0.25, -0.2) is 0 Å². The first kappa shape index (κ1) is 36.7. The second-order valence-corrected chi connectivity index (χ2v) is 11.4. The molecule has 1 atom stereocenters. The normalized spacial score (nSPS) is 12.3. The SMILES string of the molecule is CCCCC/C=C/CCCCCCCCCCCCCCCCCCCCC(CC(=O)OCCC)C(=O)O. The van der Waals surface area contributed by atoms with Crippen LogP contribution in [0.15, 0.2) is 12.2 Å². The number of allylic oxidation sites excluding steroid dienone is 2. The molecule has 0 aliphatic carbocycles. The van der Waals surface area contributed by atoms with Crippen molar-refractivity contribution in [3.63, 3.8) is 0 Å². The summed E-state index contributed by atoms with van der Waals surface area (Å²) in [6, 6.07) is 0. The van der Waals surface area contributed by atoms with Gasteiger partial charge in [-0.3, -0.25) is 9.59 Å². The van der Waals surface area contributed by atoms with Crippen molar-refractivity contribution in [2.75, 3.05) is 6.61 Å². The van der Waals surface area contributed by atoms with Gasteiger partial charge >= 0.3 is 11.9 Å². The van der Waals surface area contributed by atoms with Gasteiger partial charge in [-0.2, -0.15) is 0 Å². The van der Waals surface area contributed by atoms with Crippen molar-refractivity contribution in [1.29, 1.82) is 0 Å². The highest BCUT2D eigenvalue weighted by Crippen LogP contribution is 2.18. The highest BCUT2D eigenvalue weighted by atomic mass is 16.5. The standard InChI is InChI=1S/C34H64O4/c1-3-5-6-7-8-9-10-11-12-13-14-15-16-17-18-19-20-21-22-23-24-25-26-27-28-29-32(34(36)37)31-33(35)38-30-4-2/h8-9,32H,3-7,10-31H2,1-2H3,(H,36,37)/b9-8+. The molecule has 0 fully saturated rings. The summed E-state index contributed by atoms with van der Waals surface area (Å²) in [7, 11) is 0. The van der Waals surface area contributed by atoms with Crippen LogP contribution in [0.25, 0.3) is 0 Å². The Morgan fingerprint density at radius 2 is 0.974 bits per heavy atom. The number of hydrogen-bond acceptors (Lipinski definition) is 3. The first-order chi connectivity index (χ1) is 18.6. The summed E-state index contributed by atoms with van der Waals surface area (Å²) in [5.41, 5.74) is 0. The van der Waals surface area contributed by atoms with E-state index < -0.39 is 11.9 Å². The minimum absolute atomic E-state index is 0.00685. The minimum Gasteiger partial charge on any atom is -0.481 e. The predicted molar refractivity (Wildman–Crippen MR) is 163 cm³/mol. The Morgan fingerprint density at radius 1 is 0.579 bits per heavy atom. The highest BCUT2D eigenvalue weighted by molar-refractivity contribution is 5.78. The molecule has 0 rings (SSSR count). The first-order valence-electron chi connectivity index (χ1n) is 16.6. The number of rotatable bonds is 30. The summed E-state index contributed by atoms with van der Waals surface area (Å²) >= 11 is 0. The Bertz CT molecular complexity index is 543. The van der Waals surface area contributed by atoms with Crippen molar-refractivity contribution in [3.8, 4) is 0 Å². The van der Waals surface area contributed by atoms with Crippen molar-refractivity contribution in [2.45, 2.75) is 181 Å². The molecule has 0 saturated carbocycles. The fourth-order valence-corrected chi connectivity index (χ4v) is 5.02. The lowest BCUT2D eigenvalue weighted by Crippen LogP contribution is -2.19. The molecular formula is C34H64O4. The number of unbranched alkanes of at least 4 members (excludes halogenated alkanes) is 21. The summed E-state index contributed by atoms with van der Waals surface area (Å²) < 4.78 is 5.03. The Kier molecular flexibility index (Phi) is 29.2. The summed E-state index contributed by atoms with van der Waals surface area (Å²) in [6.07, 6.45) is 36.5. The van der Waals surface area contributed by atoms with Crippen LogP contribution in [-0.2, 0) is 14.3 Å². The molecule has 0 spiro atoms. The number of hydrogen-bond donors (Lipinski definition) is 1. The fourth-order valence-electron chi connectivity index (χ4n) is 5.02. The summed E-state index contributed by atoms with van der Waals surface area (Å²) in [5.74, 6) is -1.85. The van der Waals surface area contributed by atoms with Crippen LogP contribution in [0.4, 0.5) is 0 Å². The van der Waals surface area contributed by atoms with Gasteiger partial charge in [0.05, 0.1) is 18.9 Å². The molecule has 224 valence electrons. The molecule has 0 heterocycles. The minimum atomic E-state index is -0.874. The van der Waals surface area contributed by atoms with Crippen LogP contribution in [-0.4, -0.2) is 23.7 Å². The molecule has 4 nitrogen and oxygen atoms in total. The quantitative estimate of drug-likeness (QED) is 0.0563. The molecule has 38 heavy (non-hydrogen) atoms. The maximum atomic E-state index is 11.7. The van der Waals surface area contributed by atoms with Crippen LogP contribution >= 0.6 is 0 Å². The maximum absolute atomic E-state index is 11.7. The largest absolute Gasteiger partial charge is 0.481 e. The van der Waals surface area contributed by atoms with E-state index in [0.29, 0.717) is 13.0 Å². The van der Waals surface area contributed by atoms with Gasteiger partial charge in [0.2, 0.25) is 0 Å². The molecular weight excluding hydrogens is 472 g/mol. The van der Waals surface area contributed by atoms with Gasteiger partial charge in [-0.05, 0) is 38.5 Å². The van der Waals surface area contributed by atoms with E-state index in [0.717, 1.165) is 19.3 Å². The van der Waals surface area contributed by atoms with Crippen LogP contribution in [0, 0.1) is 5.92 Å². The van der Waals surface area contributed by atoms with Crippen LogP contribution in [0.5, 0.6) is 0 Å². The number of ether oxygens (including phenoxy) is 1. The lowest BCUT2D eigenvalue weighted by atomic mass is 9.97. The molecule has 0 aromatic heterocycles. The van der Waals surface area contributed by atoms with Crippen molar-refractivity contribution in [1.82, 2.24) is 0 Å². The Balaban J connectivity index is 3.31. The molecule has 0 amide bonds. The van der Waals surface area contributed by atoms with E-state index in [1.807, 2.05) is 6.92 Å². The van der Waals surface area contributed by atoms with Gasteiger partial charge < -0.3 is 9.84 Å². The third-order valence-electron chi connectivity index (χ3n) is 7.54. The van der Waals surface area contributed by atoms with Gasteiger partial charge in [0.15, 0.2) is 0 Å². The van der Waals surface area contributed by atoms with Crippen LogP contribution in [0.1, 0.15) is 181 Å². The Hall–Kier alpha value is -1.32. The van der Waals surface area contributed by atoms with Gasteiger partial charge in [0, 0.05) is 0 Å². The van der Waals surface area contributed by atoms with Crippen molar-refractivity contribution in [3.05, 3.63) is 12.2 Å². The van der Waals surface area contributed by atoms with Gasteiger partial charge in [0.1, 0.15) is 0 Å². The molecule has 0 aliphatic heterocycles. The molecule has 0 aromatic carbocycles. The van der Waals surface area contributed by atoms with Crippen molar-refractivity contribution in [2.24, 2.45) is 5.92 Å². The smallest absolute Gasteiger partial charge is 0.307 e. The fraction of sp³-hybridized carbons (Fsp3) is 0.882. The molecule has 0 radical (unpaired) electrons. The summed E-state index contributed by atoms with van der Waals surface area (Å²) in [4.78, 5) is 23.0. The number of carboxylic acids is 1. The lowest BCUT2D eigenvalue weighted by molar-refractivity contribution is -0.151. The second-order valence-electron chi connectivity index (χ2n) is 11.4. The maximum Gasteiger partial charge on any atom is 0.307 e. The number of esters is 1. The number of carbonyl (C=O) groups is 2. The predicted octanol–water partition coefficient (Wildman–Crippen LogP) is 11.0. The van der Waals surface area contributed by atoms with Crippen molar-refractivity contribution >= 4 is 11.9 Å². The van der Waals surface area contributed by atoms with Gasteiger partial charge in [0.25, 0.3) is 0 Å². The zero-order chi connectivity index (χ0) is 27.9. The lowest BCUT2D eigenvalue weighted by Gasteiger charge is -2.11.